The topological polar surface area (TPSA) is 82.1 Å². The fraction of sp³-hybridized carbons (Fsp3) is 0.419. The van der Waals surface area contributed by atoms with E-state index in [9.17, 15) is 14.0 Å². The highest BCUT2D eigenvalue weighted by atomic mass is 19.1. The number of halogens is 1. The lowest BCUT2D eigenvalue weighted by molar-refractivity contribution is -0.131. The highest BCUT2D eigenvalue weighted by molar-refractivity contribution is 5.96. The third kappa shape index (κ3) is 7.65. The van der Waals surface area contributed by atoms with Crippen molar-refractivity contribution < 1.29 is 18.7 Å². The van der Waals surface area contributed by atoms with Crippen LogP contribution in [0.15, 0.2) is 60.7 Å². The van der Waals surface area contributed by atoms with Gasteiger partial charge in [-0.15, -0.1) is 10.2 Å². The molecule has 0 aliphatic carbocycles. The van der Waals surface area contributed by atoms with Gasteiger partial charge in [0.2, 0.25) is 5.91 Å². The smallest absolute Gasteiger partial charge is 0.254 e. The summed E-state index contributed by atoms with van der Waals surface area (Å²) in [7, 11) is 0. The number of benzene rings is 2. The Balaban J connectivity index is 1.21. The zero-order chi connectivity index (χ0) is 28.6. The van der Waals surface area contributed by atoms with E-state index in [1.165, 1.54) is 23.8 Å². The van der Waals surface area contributed by atoms with Crippen LogP contribution in [0.4, 0.5) is 10.2 Å². The number of ether oxygens (including phenoxy) is 1. The highest BCUT2D eigenvalue weighted by Crippen LogP contribution is 2.20. The van der Waals surface area contributed by atoms with E-state index in [1.807, 2.05) is 29.2 Å². The quantitative estimate of drug-likeness (QED) is 0.419. The van der Waals surface area contributed by atoms with Crippen molar-refractivity contribution in [2.75, 3.05) is 77.0 Å². The number of anilines is 1. The standard InChI is InChI=1S/C31H37FN6O3/c1-24-6-8-25(9-7-24)28-10-11-29(34-33-28)36-12-3-13-37(17-16-36)30(39)23-38(15-14-35-18-20-41-21-19-35)31(40)26-4-2-5-27(32)22-26/h2,4-11,22H,3,12-21,23H2,1H3. The summed E-state index contributed by atoms with van der Waals surface area (Å²) in [6.07, 6.45) is 0.777. The molecule has 0 atom stereocenters. The summed E-state index contributed by atoms with van der Waals surface area (Å²) in [5.74, 6) is -0.146. The monoisotopic (exact) mass is 560 g/mol. The first kappa shape index (κ1) is 28.6. The second-order valence-corrected chi connectivity index (χ2v) is 10.6. The van der Waals surface area contributed by atoms with Crippen LogP contribution in [0.5, 0.6) is 0 Å². The molecule has 3 heterocycles. The number of amides is 2. The number of carbonyl (C=O) groups excluding carboxylic acids is 2. The Morgan fingerprint density at radius 2 is 1.73 bits per heavy atom. The number of nitrogens with zero attached hydrogens (tertiary/aromatic N) is 6. The molecule has 0 saturated carbocycles. The van der Waals surface area contributed by atoms with Crippen molar-refractivity contribution in [1.82, 2.24) is 24.9 Å². The Hall–Kier alpha value is -3.89. The maximum atomic E-state index is 13.9. The molecule has 2 amide bonds. The van der Waals surface area contributed by atoms with Crippen LogP contribution in [0.1, 0.15) is 22.3 Å². The largest absolute Gasteiger partial charge is 0.379 e. The number of carbonyl (C=O) groups is 2. The van der Waals surface area contributed by atoms with Crippen molar-refractivity contribution in [3.8, 4) is 11.3 Å². The molecule has 2 aliphatic rings. The zero-order valence-corrected chi connectivity index (χ0v) is 23.5. The Morgan fingerprint density at radius 1 is 0.927 bits per heavy atom. The van der Waals surface area contributed by atoms with E-state index < -0.39 is 5.82 Å². The lowest BCUT2D eigenvalue weighted by atomic mass is 10.1. The van der Waals surface area contributed by atoms with Gasteiger partial charge in [0.1, 0.15) is 12.4 Å². The lowest BCUT2D eigenvalue weighted by Crippen LogP contribution is -2.47. The van der Waals surface area contributed by atoms with Gasteiger partial charge >= 0.3 is 0 Å². The van der Waals surface area contributed by atoms with E-state index in [2.05, 4.69) is 39.1 Å². The number of aromatic nitrogens is 2. The van der Waals surface area contributed by atoms with Crippen LogP contribution < -0.4 is 4.90 Å². The summed E-state index contributed by atoms with van der Waals surface area (Å²) in [6.45, 7) is 8.37. The van der Waals surface area contributed by atoms with E-state index in [4.69, 9.17) is 4.74 Å². The Labute approximate surface area is 240 Å². The van der Waals surface area contributed by atoms with Gasteiger partial charge in [-0.2, -0.15) is 0 Å². The molecule has 0 bridgehead atoms. The molecule has 0 radical (unpaired) electrons. The molecule has 3 aromatic rings. The summed E-state index contributed by atoms with van der Waals surface area (Å²) in [4.78, 5) is 34.5. The normalized spacial score (nSPS) is 16.3. The highest BCUT2D eigenvalue weighted by Gasteiger charge is 2.26. The van der Waals surface area contributed by atoms with Gasteiger partial charge in [-0.05, 0) is 43.7 Å². The van der Waals surface area contributed by atoms with E-state index in [-0.39, 0.29) is 23.9 Å². The van der Waals surface area contributed by atoms with Gasteiger partial charge in [0.15, 0.2) is 5.82 Å². The molecule has 10 heteroatoms. The van der Waals surface area contributed by atoms with Crippen LogP contribution in [0.3, 0.4) is 0 Å². The van der Waals surface area contributed by atoms with Gasteiger partial charge in [0.05, 0.1) is 18.9 Å². The number of hydrogen-bond acceptors (Lipinski definition) is 7. The fourth-order valence-corrected chi connectivity index (χ4v) is 5.17. The van der Waals surface area contributed by atoms with Crippen molar-refractivity contribution in [2.24, 2.45) is 0 Å². The number of rotatable bonds is 8. The van der Waals surface area contributed by atoms with Crippen molar-refractivity contribution in [3.63, 3.8) is 0 Å². The van der Waals surface area contributed by atoms with Crippen LogP contribution in [0.25, 0.3) is 11.3 Å². The predicted molar refractivity (Wildman–Crippen MR) is 155 cm³/mol. The average molecular weight is 561 g/mol. The minimum absolute atomic E-state index is 0.0509. The third-order valence-corrected chi connectivity index (χ3v) is 7.65. The molecule has 0 spiro atoms. The van der Waals surface area contributed by atoms with Gasteiger partial charge in [-0.3, -0.25) is 14.5 Å². The summed E-state index contributed by atoms with van der Waals surface area (Å²) >= 11 is 0. The van der Waals surface area contributed by atoms with E-state index in [1.54, 1.807) is 11.0 Å². The third-order valence-electron chi connectivity index (χ3n) is 7.65. The van der Waals surface area contributed by atoms with Crippen LogP contribution in [-0.2, 0) is 9.53 Å². The first-order chi connectivity index (χ1) is 20.0. The van der Waals surface area contributed by atoms with Gasteiger partial charge in [0.25, 0.3) is 5.91 Å². The SMILES string of the molecule is Cc1ccc(-c2ccc(N3CCCN(C(=O)CN(CCN4CCOCC4)C(=O)c4cccc(F)c4)CC3)nn2)cc1. The molecule has 2 fully saturated rings. The Morgan fingerprint density at radius 3 is 2.46 bits per heavy atom. The Bertz CT molecular complexity index is 1310. The number of morpholine rings is 1. The average Bonchev–Trinajstić information content (AvgIpc) is 3.26. The second kappa shape index (κ2) is 13.6. The number of aryl methyl sites for hydroxylation is 1. The van der Waals surface area contributed by atoms with Gasteiger partial charge < -0.3 is 19.4 Å². The summed E-state index contributed by atoms with van der Waals surface area (Å²) in [5, 5.41) is 8.91. The van der Waals surface area contributed by atoms with Crippen molar-refractivity contribution >= 4 is 17.6 Å². The first-order valence-corrected chi connectivity index (χ1v) is 14.2. The van der Waals surface area contributed by atoms with Crippen LogP contribution in [-0.4, -0.2) is 109 Å². The summed E-state index contributed by atoms with van der Waals surface area (Å²) in [6, 6.07) is 17.8. The molecule has 216 valence electrons. The molecule has 41 heavy (non-hydrogen) atoms. The molecule has 5 rings (SSSR count). The van der Waals surface area contributed by atoms with E-state index >= 15 is 0 Å². The van der Waals surface area contributed by atoms with E-state index in [0.717, 1.165) is 43.1 Å². The van der Waals surface area contributed by atoms with Gasteiger partial charge in [-0.25, -0.2) is 4.39 Å². The van der Waals surface area contributed by atoms with Crippen LogP contribution >= 0.6 is 0 Å². The summed E-state index contributed by atoms with van der Waals surface area (Å²) < 4.78 is 19.3. The van der Waals surface area contributed by atoms with Crippen LogP contribution in [0.2, 0.25) is 0 Å². The molecule has 0 unspecified atom stereocenters. The molecule has 2 saturated heterocycles. The molecular weight excluding hydrogens is 523 g/mol. The minimum atomic E-state index is -0.474. The summed E-state index contributed by atoms with van der Waals surface area (Å²) in [5.41, 5.74) is 3.28. The molecule has 2 aliphatic heterocycles. The van der Waals surface area contributed by atoms with E-state index in [0.29, 0.717) is 45.9 Å². The maximum absolute atomic E-state index is 13.9. The van der Waals surface area contributed by atoms with Crippen molar-refractivity contribution in [2.45, 2.75) is 13.3 Å². The molecule has 1 aromatic heterocycles. The fourth-order valence-electron chi connectivity index (χ4n) is 5.17. The van der Waals surface area contributed by atoms with Gasteiger partial charge in [0, 0.05) is 63.5 Å². The first-order valence-electron chi connectivity index (χ1n) is 14.2. The van der Waals surface area contributed by atoms with Crippen LogP contribution in [0, 0.1) is 12.7 Å². The molecule has 2 aromatic carbocycles. The second-order valence-electron chi connectivity index (χ2n) is 10.6. The lowest BCUT2D eigenvalue weighted by Gasteiger charge is -2.31. The van der Waals surface area contributed by atoms with Crippen molar-refractivity contribution in [3.05, 3.63) is 77.6 Å². The molecular formula is C31H37FN6O3. The minimum Gasteiger partial charge on any atom is -0.379 e. The zero-order valence-electron chi connectivity index (χ0n) is 23.5. The maximum Gasteiger partial charge on any atom is 0.254 e. The van der Waals surface area contributed by atoms with Gasteiger partial charge in [-0.1, -0.05) is 35.9 Å². The Kier molecular flexibility index (Phi) is 9.53. The predicted octanol–water partition coefficient (Wildman–Crippen LogP) is 3.10. The molecule has 0 N–H and O–H groups in total. The molecule has 9 nitrogen and oxygen atoms in total. The van der Waals surface area contributed by atoms with Crippen molar-refractivity contribution in [1.29, 1.82) is 0 Å². The number of hydrogen-bond donors (Lipinski definition) is 0.